The van der Waals surface area contributed by atoms with Crippen LogP contribution in [-0.2, 0) is 12.8 Å². The fourth-order valence-corrected chi connectivity index (χ4v) is 5.57. The number of hydrogen-bond acceptors (Lipinski definition) is 5. The lowest BCUT2D eigenvalue weighted by atomic mass is 10.0. The highest BCUT2D eigenvalue weighted by Crippen LogP contribution is 2.34. The van der Waals surface area contributed by atoms with Gasteiger partial charge < -0.3 is 0 Å². The van der Waals surface area contributed by atoms with Crippen LogP contribution in [0.25, 0.3) is 16.2 Å². The number of benzene rings is 1. The van der Waals surface area contributed by atoms with Crippen molar-refractivity contribution in [1.82, 2.24) is 14.8 Å². The van der Waals surface area contributed by atoms with Gasteiger partial charge in [0.15, 0.2) is 4.96 Å². The number of aryl methyl sites for hydroxylation is 2. The van der Waals surface area contributed by atoms with E-state index < -0.39 is 0 Å². The van der Waals surface area contributed by atoms with Gasteiger partial charge in [0.05, 0.1) is 22.5 Å². The third-order valence-electron chi connectivity index (χ3n) is 4.97. The molecule has 3 aromatic heterocycles. The Kier molecular flexibility index (Phi) is 4.95. The number of aromatic nitrogens is 2. The Balaban J connectivity index is 1.57. The van der Waals surface area contributed by atoms with E-state index in [0.717, 1.165) is 34.8 Å². The van der Waals surface area contributed by atoms with Crippen molar-refractivity contribution in [2.75, 3.05) is 0 Å². The summed E-state index contributed by atoms with van der Waals surface area (Å²) in [6.45, 7) is 0. The van der Waals surface area contributed by atoms with Gasteiger partial charge in [-0.2, -0.15) is 5.10 Å². The van der Waals surface area contributed by atoms with Gasteiger partial charge in [-0.15, -0.1) is 22.7 Å². The number of carbonyl (C=O) groups excluding carboxylic acids is 1. The first kappa shape index (κ1) is 18.5. The maximum atomic E-state index is 12.2. The molecule has 0 saturated heterocycles. The molecule has 0 unspecified atom stereocenters. The van der Waals surface area contributed by atoms with Crippen molar-refractivity contribution < 1.29 is 4.79 Å². The van der Waals surface area contributed by atoms with Crippen LogP contribution >= 0.6 is 34.3 Å². The number of rotatable bonds is 4. The van der Waals surface area contributed by atoms with Gasteiger partial charge in [-0.3, -0.25) is 9.20 Å². The van der Waals surface area contributed by atoms with Gasteiger partial charge in [0.2, 0.25) is 0 Å². The van der Waals surface area contributed by atoms with Crippen LogP contribution in [0, 0.1) is 0 Å². The predicted molar refractivity (Wildman–Crippen MR) is 120 cm³/mol. The second kappa shape index (κ2) is 7.74. The first-order chi connectivity index (χ1) is 14.2. The fraction of sp³-hybridized carbons (Fsp3) is 0.190. The van der Waals surface area contributed by atoms with Gasteiger partial charge in [0.25, 0.3) is 5.91 Å². The molecule has 4 aromatic rings. The van der Waals surface area contributed by atoms with Gasteiger partial charge in [0.1, 0.15) is 0 Å². The molecule has 0 spiro atoms. The molecule has 0 saturated carbocycles. The zero-order valence-electron chi connectivity index (χ0n) is 15.4. The zero-order valence-corrected chi connectivity index (χ0v) is 17.8. The summed E-state index contributed by atoms with van der Waals surface area (Å²) in [7, 11) is 0. The molecule has 5 nitrogen and oxygen atoms in total. The largest absolute Gasteiger partial charge is 0.285 e. The van der Waals surface area contributed by atoms with E-state index in [4.69, 9.17) is 16.6 Å². The van der Waals surface area contributed by atoms with Crippen LogP contribution in [0.3, 0.4) is 0 Å². The second-order valence-electron chi connectivity index (χ2n) is 6.83. The van der Waals surface area contributed by atoms with Gasteiger partial charge in [-0.05, 0) is 49.3 Å². The van der Waals surface area contributed by atoms with Gasteiger partial charge in [-0.1, -0.05) is 29.8 Å². The summed E-state index contributed by atoms with van der Waals surface area (Å²) >= 11 is 9.20. The van der Waals surface area contributed by atoms with Crippen molar-refractivity contribution in [3.05, 3.63) is 67.9 Å². The zero-order chi connectivity index (χ0) is 19.8. The molecule has 0 radical (unpaired) electrons. The Labute approximate surface area is 180 Å². The van der Waals surface area contributed by atoms with E-state index in [1.54, 1.807) is 23.6 Å². The molecule has 29 heavy (non-hydrogen) atoms. The van der Waals surface area contributed by atoms with E-state index >= 15 is 0 Å². The number of halogens is 1. The molecule has 0 fully saturated rings. The van der Waals surface area contributed by atoms with Crippen LogP contribution in [0.1, 0.15) is 38.8 Å². The molecule has 1 aliphatic rings. The number of thiophene rings is 1. The smallest absolute Gasteiger partial charge is 0.281 e. The van der Waals surface area contributed by atoms with E-state index in [1.165, 1.54) is 34.7 Å². The van der Waals surface area contributed by atoms with Crippen LogP contribution < -0.4 is 5.43 Å². The van der Waals surface area contributed by atoms with Gasteiger partial charge >= 0.3 is 0 Å². The monoisotopic (exact) mass is 440 g/mol. The maximum absolute atomic E-state index is 12.2. The van der Waals surface area contributed by atoms with E-state index in [-0.39, 0.29) is 5.91 Å². The van der Waals surface area contributed by atoms with Crippen molar-refractivity contribution in [2.24, 2.45) is 5.10 Å². The minimum atomic E-state index is -0.211. The summed E-state index contributed by atoms with van der Waals surface area (Å²) in [5.74, 6) is -0.211. The van der Waals surface area contributed by atoms with Crippen LogP contribution in [0.15, 0.2) is 46.9 Å². The summed E-state index contributed by atoms with van der Waals surface area (Å²) in [4.78, 5) is 20.1. The Hall–Kier alpha value is -2.48. The van der Waals surface area contributed by atoms with Crippen molar-refractivity contribution in [2.45, 2.75) is 25.7 Å². The SMILES string of the molecule is O=C(N/N=C/c1c(-c2ccc(Cl)cc2)nc2sc3c(n12)CCCC3)c1cccs1. The fourth-order valence-electron chi connectivity index (χ4n) is 3.61. The molecule has 1 aromatic carbocycles. The van der Waals surface area contributed by atoms with Gasteiger partial charge in [0, 0.05) is 21.2 Å². The van der Waals surface area contributed by atoms with Crippen LogP contribution in [0.5, 0.6) is 0 Å². The van der Waals surface area contributed by atoms with Crippen molar-refractivity contribution in [3.63, 3.8) is 0 Å². The molecule has 0 aliphatic heterocycles. The Bertz CT molecular complexity index is 1210. The highest BCUT2D eigenvalue weighted by molar-refractivity contribution is 7.17. The number of thiazole rings is 1. The van der Waals surface area contributed by atoms with E-state index in [9.17, 15) is 4.79 Å². The summed E-state index contributed by atoms with van der Waals surface area (Å²) in [5.41, 5.74) is 6.64. The average Bonchev–Trinajstić information content (AvgIpc) is 3.45. The molecular weight excluding hydrogens is 424 g/mol. The lowest BCUT2D eigenvalue weighted by molar-refractivity contribution is 0.0959. The minimum absolute atomic E-state index is 0.211. The number of hydrogen-bond donors (Lipinski definition) is 1. The minimum Gasteiger partial charge on any atom is -0.285 e. The molecule has 8 heteroatoms. The Morgan fingerprint density at radius 3 is 2.83 bits per heavy atom. The van der Waals surface area contributed by atoms with Gasteiger partial charge in [-0.25, -0.2) is 10.4 Å². The number of carbonyl (C=O) groups is 1. The lowest BCUT2D eigenvalue weighted by Gasteiger charge is -2.11. The third-order valence-corrected chi connectivity index (χ3v) is 7.23. The number of imidazole rings is 1. The molecule has 1 N–H and O–H groups in total. The number of nitrogens with one attached hydrogen (secondary N) is 1. The highest BCUT2D eigenvalue weighted by atomic mass is 35.5. The van der Waals surface area contributed by atoms with Crippen molar-refractivity contribution >= 4 is 51.4 Å². The molecular formula is C21H17ClN4OS2. The van der Waals surface area contributed by atoms with Crippen LogP contribution in [0.2, 0.25) is 5.02 Å². The second-order valence-corrected chi connectivity index (χ2v) is 9.27. The van der Waals surface area contributed by atoms with Crippen LogP contribution in [-0.4, -0.2) is 21.5 Å². The van der Waals surface area contributed by atoms with Crippen molar-refractivity contribution in [1.29, 1.82) is 0 Å². The number of hydrazone groups is 1. The van der Waals surface area contributed by atoms with E-state index in [1.807, 2.05) is 35.7 Å². The molecule has 146 valence electrons. The number of fused-ring (bicyclic) bond motifs is 3. The summed E-state index contributed by atoms with van der Waals surface area (Å²) in [6.07, 6.45) is 6.25. The first-order valence-corrected chi connectivity index (χ1v) is 11.4. The molecule has 0 atom stereocenters. The Morgan fingerprint density at radius 1 is 1.21 bits per heavy atom. The van der Waals surface area contributed by atoms with Crippen molar-refractivity contribution in [3.8, 4) is 11.3 Å². The average molecular weight is 441 g/mol. The Morgan fingerprint density at radius 2 is 2.03 bits per heavy atom. The first-order valence-electron chi connectivity index (χ1n) is 9.36. The molecule has 3 heterocycles. The standard InChI is InChI=1S/C21H17ClN4OS2/c22-14-9-7-13(8-10-14)19-16(12-23-25-20(27)18-6-3-11-28-18)26-15-4-1-2-5-17(15)29-21(26)24-19/h3,6-12H,1-2,4-5H2,(H,25,27)/b23-12+. The summed E-state index contributed by atoms with van der Waals surface area (Å²) in [5, 5.41) is 6.81. The van der Waals surface area contributed by atoms with Crippen LogP contribution in [0.4, 0.5) is 0 Å². The quantitative estimate of drug-likeness (QED) is 0.340. The van der Waals surface area contributed by atoms with E-state index in [0.29, 0.717) is 9.90 Å². The summed E-state index contributed by atoms with van der Waals surface area (Å²) in [6, 6.07) is 11.3. The molecule has 5 rings (SSSR count). The summed E-state index contributed by atoms with van der Waals surface area (Å²) < 4.78 is 2.20. The number of nitrogens with zero attached hydrogens (tertiary/aromatic N) is 3. The lowest BCUT2D eigenvalue weighted by Crippen LogP contribution is -2.16. The number of amides is 1. The third kappa shape index (κ3) is 3.50. The maximum Gasteiger partial charge on any atom is 0.281 e. The normalized spacial score (nSPS) is 13.8. The highest BCUT2D eigenvalue weighted by Gasteiger charge is 2.22. The molecule has 0 bridgehead atoms. The predicted octanol–water partition coefficient (Wildman–Crippen LogP) is 5.42. The molecule has 1 amide bonds. The topological polar surface area (TPSA) is 58.8 Å². The van der Waals surface area contributed by atoms with E-state index in [2.05, 4.69) is 14.9 Å². The molecule has 1 aliphatic carbocycles.